The van der Waals surface area contributed by atoms with Crippen LogP contribution in [-0.2, 0) is 0 Å². The van der Waals surface area contributed by atoms with Crippen LogP contribution >= 0.6 is 11.6 Å². The number of halogens is 1. The molecule has 0 saturated carbocycles. The molecule has 1 unspecified atom stereocenters. The van der Waals surface area contributed by atoms with Crippen molar-refractivity contribution in [2.45, 2.75) is 13.0 Å². The van der Waals surface area contributed by atoms with Gasteiger partial charge in [-0.1, -0.05) is 53.6 Å². The molecular weight excluding hydrogens is 450 g/mol. The molecule has 0 saturated heterocycles. The first-order chi connectivity index (χ1) is 16.5. The van der Waals surface area contributed by atoms with Crippen LogP contribution in [-0.4, -0.2) is 27.8 Å². The number of nitrogens with zero attached hydrogens (tertiary/aromatic N) is 3. The lowest BCUT2D eigenvalue weighted by Gasteiger charge is -2.24. The van der Waals surface area contributed by atoms with Gasteiger partial charge in [0.05, 0.1) is 7.11 Å². The summed E-state index contributed by atoms with van der Waals surface area (Å²) >= 11 is 6.08. The summed E-state index contributed by atoms with van der Waals surface area (Å²) in [6, 6.07) is 22.5. The number of anilines is 2. The van der Waals surface area contributed by atoms with Crippen LogP contribution in [0.3, 0.4) is 0 Å². The second-order valence-electron chi connectivity index (χ2n) is 7.95. The molecule has 4 aromatic rings. The molecule has 5 rings (SSSR count). The Morgan fingerprint density at radius 2 is 1.74 bits per heavy atom. The number of carbonyl (C=O) groups excluding carboxylic acids is 1. The van der Waals surface area contributed by atoms with Crippen molar-refractivity contribution in [1.29, 1.82) is 0 Å². The van der Waals surface area contributed by atoms with Crippen molar-refractivity contribution in [2.75, 3.05) is 17.7 Å². The Balaban J connectivity index is 1.50. The number of methoxy groups -OCH3 is 1. The summed E-state index contributed by atoms with van der Waals surface area (Å²) in [5.41, 5.74) is 4.45. The van der Waals surface area contributed by atoms with E-state index in [4.69, 9.17) is 16.3 Å². The lowest BCUT2D eigenvalue weighted by molar-refractivity contribution is 0.102. The van der Waals surface area contributed by atoms with E-state index in [0.717, 1.165) is 28.1 Å². The number of amides is 1. The van der Waals surface area contributed by atoms with E-state index in [0.29, 0.717) is 16.5 Å². The third-order valence-electron chi connectivity index (χ3n) is 5.62. The molecule has 1 atom stereocenters. The highest BCUT2D eigenvalue weighted by molar-refractivity contribution is 6.30. The third-order valence-corrected chi connectivity index (χ3v) is 5.87. The monoisotopic (exact) mass is 471 g/mol. The van der Waals surface area contributed by atoms with Gasteiger partial charge in [0.25, 0.3) is 11.9 Å². The second kappa shape index (κ2) is 9.03. The van der Waals surface area contributed by atoms with Crippen LogP contribution < -0.4 is 15.4 Å². The minimum Gasteiger partial charge on any atom is -0.497 e. The number of ether oxygens (including phenoxy) is 1. The molecule has 34 heavy (non-hydrogen) atoms. The van der Waals surface area contributed by atoms with E-state index in [1.807, 2.05) is 67.6 Å². The molecule has 0 radical (unpaired) electrons. The molecule has 2 N–H and O–H groups in total. The van der Waals surface area contributed by atoms with Crippen molar-refractivity contribution in [3.63, 3.8) is 0 Å². The Bertz CT molecular complexity index is 1360. The fourth-order valence-electron chi connectivity index (χ4n) is 3.76. The number of nitrogens with one attached hydrogen (secondary N) is 2. The summed E-state index contributed by atoms with van der Waals surface area (Å²) in [5, 5.41) is 11.4. The molecule has 0 fully saturated rings. The predicted molar refractivity (Wildman–Crippen MR) is 133 cm³/mol. The van der Waals surface area contributed by atoms with Gasteiger partial charge in [-0.3, -0.25) is 10.1 Å². The smallest absolute Gasteiger partial charge is 0.258 e. The van der Waals surface area contributed by atoms with E-state index in [-0.39, 0.29) is 17.9 Å². The minimum absolute atomic E-state index is 0.220. The molecule has 1 amide bonds. The van der Waals surface area contributed by atoms with Crippen molar-refractivity contribution in [2.24, 2.45) is 0 Å². The van der Waals surface area contributed by atoms with Crippen molar-refractivity contribution >= 4 is 35.1 Å². The number of allylic oxidation sites excluding steroid dienone is 1. The van der Waals surface area contributed by atoms with Gasteiger partial charge in [0.1, 0.15) is 11.8 Å². The third kappa shape index (κ3) is 4.38. The molecule has 3 aromatic carbocycles. The van der Waals surface area contributed by atoms with E-state index in [1.54, 1.807) is 23.9 Å². The van der Waals surface area contributed by atoms with Crippen LogP contribution in [0.2, 0.25) is 5.02 Å². The molecule has 2 heterocycles. The summed E-state index contributed by atoms with van der Waals surface area (Å²) in [4.78, 5) is 17.3. The maximum absolute atomic E-state index is 12.7. The molecule has 0 bridgehead atoms. The van der Waals surface area contributed by atoms with Crippen molar-refractivity contribution < 1.29 is 9.53 Å². The Morgan fingerprint density at radius 1 is 1.03 bits per heavy atom. The topological polar surface area (TPSA) is 81.1 Å². The Hall–Kier alpha value is -4.10. The first-order valence-corrected chi connectivity index (χ1v) is 11.1. The fourth-order valence-corrected chi connectivity index (χ4v) is 3.89. The zero-order chi connectivity index (χ0) is 23.7. The molecule has 7 nitrogen and oxygen atoms in total. The SMILES string of the molecule is COc1ccc(C2C=C(c3ccc(Cl)cc3)Nc3nc(NC(=O)c4ccc(C)cc4)nn32)cc1. The van der Waals surface area contributed by atoms with Crippen molar-refractivity contribution in [1.82, 2.24) is 14.8 Å². The van der Waals surface area contributed by atoms with Gasteiger partial charge >= 0.3 is 0 Å². The van der Waals surface area contributed by atoms with Crippen molar-refractivity contribution in [3.05, 3.63) is 106 Å². The summed E-state index contributed by atoms with van der Waals surface area (Å²) < 4.78 is 7.06. The number of hydrogen-bond acceptors (Lipinski definition) is 5. The molecule has 0 aliphatic carbocycles. The van der Waals surface area contributed by atoms with Gasteiger partial charge in [0, 0.05) is 16.3 Å². The van der Waals surface area contributed by atoms with E-state index in [1.165, 1.54) is 0 Å². The van der Waals surface area contributed by atoms with Gasteiger partial charge < -0.3 is 10.1 Å². The molecular formula is C26H22ClN5O2. The van der Waals surface area contributed by atoms with E-state index < -0.39 is 0 Å². The average Bonchev–Trinajstić information content (AvgIpc) is 3.26. The summed E-state index contributed by atoms with van der Waals surface area (Å²) in [6.45, 7) is 1.98. The standard InChI is InChI=1S/C26H22ClN5O2/c1-16-3-5-19(6-4-16)24(33)29-25-30-26-28-22(17-7-11-20(27)12-8-17)15-23(32(26)31-25)18-9-13-21(34-2)14-10-18/h3-15,23H,1-2H3,(H2,28,29,30,31,33). The van der Waals surface area contributed by atoms with E-state index in [2.05, 4.69) is 26.8 Å². The summed E-state index contributed by atoms with van der Waals surface area (Å²) in [6.07, 6.45) is 2.07. The highest BCUT2D eigenvalue weighted by Gasteiger charge is 2.26. The number of rotatable bonds is 5. The normalized spacial score (nSPS) is 14.6. The van der Waals surface area contributed by atoms with Gasteiger partial charge in [0.15, 0.2) is 0 Å². The van der Waals surface area contributed by atoms with Crippen LogP contribution in [0, 0.1) is 6.92 Å². The lowest BCUT2D eigenvalue weighted by atomic mass is 10.0. The van der Waals surface area contributed by atoms with E-state index >= 15 is 0 Å². The maximum Gasteiger partial charge on any atom is 0.258 e. The van der Waals surface area contributed by atoms with Gasteiger partial charge in [-0.15, -0.1) is 5.10 Å². The largest absolute Gasteiger partial charge is 0.497 e. The highest BCUT2D eigenvalue weighted by atomic mass is 35.5. The highest BCUT2D eigenvalue weighted by Crippen LogP contribution is 2.34. The molecule has 1 aliphatic rings. The zero-order valence-electron chi connectivity index (χ0n) is 18.6. The average molecular weight is 472 g/mol. The second-order valence-corrected chi connectivity index (χ2v) is 8.39. The quantitative estimate of drug-likeness (QED) is 0.398. The first kappa shape index (κ1) is 21.7. The van der Waals surface area contributed by atoms with Crippen LogP contribution in [0.15, 0.2) is 78.9 Å². The fraction of sp³-hybridized carbons (Fsp3) is 0.115. The number of aryl methyl sites for hydroxylation is 1. The maximum atomic E-state index is 12.7. The van der Waals surface area contributed by atoms with Crippen LogP contribution in [0.1, 0.15) is 33.1 Å². The number of aromatic nitrogens is 3. The number of carbonyl (C=O) groups is 1. The van der Waals surface area contributed by atoms with Crippen LogP contribution in [0.4, 0.5) is 11.9 Å². The summed E-state index contributed by atoms with van der Waals surface area (Å²) in [7, 11) is 1.64. The molecule has 170 valence electrons. The minimum atomic E-state index is -0.269. The van der Waals surface area contributed by atoms with E-state index in [9.17, 15) is 4.79 Å². The van der Waals surface area contributed by atoms with Crippen LogP contribution in [0.5, 0.6) is 5.75 Å². The van der Waals surface area contributed by atoms with Crippen molar-refractivity contribution in [3.8, 4) is 5.75 Å². The number of fused-ring (bicyclic) bond motifs is 1. The van der Waals surface area contributed by atoms with Crippen LogP contribution in [0.25, 0.3) is 5.70 Å². The molecule has 0 spiro atoms. The number of hydrogen-bond donors (Lipinski definition) is 2. The Morgan fingerprint density at radius 3 is 2.41 bits per heavy atom. The predicted octanol–water partition coefficient (Wildman–Crippen LogP) is 5.56. The zero-order valence-corrected chi connectivity index (χ0v) is 19.4. The summed E-state index contributed by atoms with van der Waals surface area (Å²) in [5.74, 6) is 1.24. The Labute approximate surface area is 202 Å². The number of benzene rings is 3. The lowest BCUT2D eigenvalue weighted by Crippen LogP contribution is -2.20. The van der Waals surface area contributed by atoms with Gasteiger partial charge in [0.2, 0.25) is 5.95 Å². The molecule has 8 heteroatoms. The molecule has 1 aliphatic heterocycles. The molecule has 1 aromatic heterocycles. The van der Waals surface area contributed by atoms with Gasteiger partial charge in [-0.25, -0.2) is 4.68 Å². The first-order valence-electron chi connectivity index (χ1n) is 10.7. The Kier molecular flexibility index (Phi) is 5.77. The van der Waals surface area contributed by atoms with Gasteiger partial charge in [-0.05, 0) is 60.5 Å². The van der Waals surface area contributed by atoms with Gasteiger partial charge in [-0.2, -0.15) is 4.98 Å².